The molecule has 0 radical (unpaired) electrons. The van der Waals surface area contributed by atoms with E-state index in [0.29, 0.717) is 22.4 Å². The Labute approximate surface area is 191 Å². The molecule has 2 aromatic rings. The molecule has 1 saturated heterocycles. The summed E-state index contributed by atoms with van der Waals surface area (Å²) in [4.78, 5) is 15.5. The first-order valence-electron chi connectivity index (χ1n) is 11.1. The lowest BCUT2D eigenvalue weighted by atomic mass is 10.1. The Hall–Kier alpha value is -2.58. The molecule has 3 N–H and O–H groups in total. The van der Waals surface area contributed by atoms with Crippen LogP contribution in [-0.2, 0) is 10.0 Å². The fourth-order valence-electron chi connectivity index (χ4n) is 4.16. The van der Waals surface area contributed by atoms with Crippen molar-refractivity contribution in [3.05, 3.63) is 52.6 Å². The van der Waals surface area contributed by atoms with Crippen molar-refractivity contribution in [1.29, 1.82) is 0 Å². The van der Waals surface area contributed by atoms with Crippen molar-refractivity contribution in [2.24, 2.45) is 0 Å². The van der Waals surface area contributed by atoms with Crippen molar-refractivity contribution in [2.75, 3.05) is 35.8 Å². The van der Waals surface area contributed by atoms with Crippen LogP contribution < -0.4 is 20.3 Å². The summed E-state index contributed by atoms with van der Waals surface area (Å²) in [6, 6.07) is 8.96. The van der Waals surface area contributed by atoms with Gasteiger partial charge in [0, 0.05) is 43.6 Å². The lowest BCUT2D eigenvalue weighted by Gasteiger charge is -2.31. The molecule has 1 fully saturated rings. The zero-order chi connectivity index (χ0) is 23.5. The summed E-state index contributed by atoms with van der Waals surface area (Å²) in [5, 5.41) is 6.33. The van der Waals surface area contributed by atoms with Gasteiger partial charge in [0.05, 0.1) is 10.5 Å². The van der Waals surface area contributed by atoms with Gasteiger partial charge in [-0.25, -0.2) is 8.42 Å². The van der Waals surface area contributed by atoms with Crippen LogP contribution in [0.15, 0.2) is 35.2 Å². The number of amides is 1. The minimum atomic E-state index is -3.80. The van der Waals surface area contributed by atoms with E-state index < -0.39 is 10.0 Å². The maximum Gasteiger partial charge on any atom is 0.262 e. The topological polar surface area (TPSA) is 90.5 Å². The predicted octanol–water partition coefficient (Wildman–Crippen LogP) is 3.35. The fourth-order valence-corrected chi connectivity index (χ4v) is 5.67. The molecule has 0 saturated carbocycles. The van der Waals surface area contributed by atoms with Crippen LogP contribution in [0.2, 0.25) is 0 Å². The van der Waals surface area contributed by atoms with E-state index in [4.69, 9.17) is 0 Å². The van der Waals surface area contributed by atoms with Crippen LogP contribution in [0, 0.1) is 20.8 Å². The van der Waals surface area contributed by atoms with E-state index in [0.717, 1.165) is 43.9 Å². The number of nitrogens with zero attached hydrogens (tertiary/aromatic N) is 1. The summed E-state index contributed by atoms with van der Waals surface area (Å²) < 4.78 is 29.1. The maximum atomic E-state index is 13.2. The zero-order valence-electron chi connectivity index (χ0n) is 19.6. The largest absolute Gasteiger partial charge is 0.368 e. The van der Waals surface area contributed by atoms with Gasteiger partial charge in [0.1, 0.15) is 0 Å². The predicted molar refractivity (Wildman–Crippen MR) is 130 cm³/mol. The molecular formula is C24H34N4O3S. The summed E-state index contributed by atoms with van der Waals surface area (Å²) in [5.41, 5.74) is 4.08. The highest BCUT2D eigenvalue weighted by atomic mass is 32.2. The van der Waals surface area contributed by atoms with Crippen molar-refractivity contribution in [2.45, 2.75) is 52.0 Å². The van der Waals surface area contributed by atoms with E-state index in [1.807, 2.05) is 39.0 Å². The van der Waals surface area contributed by atoms with Crippen LogP contribution in [0.4, 0.5) is 11.4 Å². The quantitative estimate of drug-likeness (QED) is 0.592. The van der Waals surface area contributed by atoms with Crippen LogP contribution >= 0.6 is 0 Å². The number of benzene rings is 2. The van der Waals surface area contributed by atoms with Gasteiger partial charge in [-0.3, -0.25) is 9.52 Å². The van der Waals surface area contributed by atoms with E-state index in [2.05, 4.69) is 20.3 Å². The van der Waals surface area contributed by atoms with E-state index >= 15 is 0 Å². The maximum absolute atomic E-state index is 13.2. The Morgan fingerprint density at radius 2 is 1.72 bits per heavy atom. The van der Waals surface area contributed by atoms with Crippen LogP contribution in [-0.4, -0.2) is 46.5 Å². The molecule has 0 aromatic heterocycles. The van der Waals surface area contributed by atoms with Gasteiger partial charge in [0.2, 0.25) is 0 Å². The van der Waals surface area contributed by atoms with Crippen LogP contribution in [0.5, 0.6) is 0 Å². The molecule has 32 heavy (non-hydrogen) atoms. The SMILES string of the molecule is CC[C@@H](C)NC(=O)c1cc(NS(=O)(=O)c2c(C)cc(C)cc2C)ccc1N1CCNCC1. The molecule has 2 aromatic carbocycles. The Kier molecular flexibility index (Phi) is 7.46. The van der Waals surface area contributed by atoms with E-state index in [1.165, 1.54) is 0 Å². The molecular weight excluding hydrogens is 424 g/mol. The van der Waals surface area contributed by atoms with E-state index in [-0.39, 0.29) is 16.8 Å². The van der Waals surface area contributed by atoms with Crippen LogP contribution in [0.1, 0.15) is 47.3 Å². The summed E-state index contributed by atoms with van der Waals surface area (Å²) >= 11 is 0. The van der Waals surface area contributed by atoms with Crippen LogP contribution in [0.3, 0.4) is 0 Å². The van der Waals surface area contributed by atoms with Gasteiger partial charge in [-0.05, 0) is 63.4 Å². The minimum absolute atomic E-state index is 0.0246. The Balaban J connectivity index is 1.98. The highest BCUT2D eigenvalue weighted by Gasteiger charge is 2.23. The molecule has 1 atom stereocenters. The monoisotopic (exact) mass is 458 g/mol. The van der Waals surface area contributed by atoms with E-state index in [9.17, 15) is 13.2 Å². The number of sulfonamides is 1. The highest BCUT2D eigenvalue weighted by molar-refractivity contribution is 7.92. The molecule has 1 aliphatic rings. The first-order valence-corrected chi connectivity index (χ1v) is 12.6. The lowest BCUT2D eigenvalue weighted by Crippen LogP contribution is -2.44. The highest BCUT2D eigenvalue weighted by Crippen LogP contribution is 2.28. The number of carbonyl (C=O) groups is 1. The van der Waals surface area contributed by atoms with Gasteiger partial charge in [0.15, 0.2) is 0 Å². The molecule has 8 heteroatoms. The second-order valence-electron chi connectivity index (χ2n) is 8.59. The average molecular weight is 459 g/mol. The van der Waals surface area contributed by atoms with Crippen molar-refractivity contribution < 1.29 is 13.2 Å². The Morgan fingerprint density at radius 1 is 1.09 bits per heavy atom. The molecule has 7 nitrogen and oxygen atoms in total. The number of carbonyl (C=O) groups excluding carboxylic acids is 1. The second kappa shape index (κ2) is 9.92. The van der Waals surface area contributed by atoms with Gasteiger partial charge < -0.3 is 15.5 Å². The molecule has 0 bridgehead atoms. The third-order valence-corrected chi connectivity index (χ3v) is 7.50. The summed E-state index contributed by atoms with van der Waals surface area (Å²) in [5.74, 6) is -0.198. The molecule has 1 aliphatic heterocycles. The Bertz CT molecular complexity index is 1070. The first-order chi connectivity index (χ1) is 15.1. The van der Waals surface area contributed by atoms with Gasteiger partial charge in [-0.1, -0.05) is 24.6 Å². The molecule has 0 spiro atoms. The number of hydrogen-bond donors (Lipinski definition) is 3. The fraction of sp³-hybridized carbons (Fsp3) is 0.458. The number of anilines is 2. The number of nitrogens with one attached hydrogen (secondary N) is 3. The summed E-state index contributed by atoms with van der Waals surface area (Å²) in [6.45, 7) is 12.8. The summed E-state index contributed by atoms with van der Waals surface area (Å²) in [6.07, 6.45) is 0.813. The first kappa shape index (κ1) is 24.1. The van der Waals surface area contributed by atoms with E-state index in [1.54, 1.807) is 26.0 Å². The van der Waals surface area contributed by atoms with Crippen molar-refractivity contribution in [1.82, 2.24) is 10.6 Å². The lowest BCUT2D eigenvalue weighted by molar-refractivity contribution is 0.0939. The average Bonchev–Trinajstić information content (AvgIpc) is 2.72. The molecule has 1 heterocycles. The van der Waals surface area contributed by atoms with Gasteiger partial charge in [-0.2, -0.15) is 0 Å². The third kappa shape index (κ3) is 5.42. The second-order valence-corrected chi connectivity index (χ2v) is 10.2. The van der Waals surface area contributed by atoms with Crippen molar-refractivity contribution in [3.63, 3.8) is 0 Å². The van der Waals surface area contributed by atoms with Gasteiger partial charge >= 0.3 is 0 Å². The Morgan fingerprint density at radius 3 is 2.31 bits per heavy atom. The smallest absolute Gasteiger partial charge is 0.262 e. The molecule has 0 aliphatic carbocycles. The normalized spacial score (nSPS) is 15.3. The molecule has 0 unspecified atom stereocenters. The molecule has 1 amide bonds. The number of aryl methyl sites for hydroxylation is 3. The zero-order valence-corrected chi connectivity index (χ0v) is 20.4. The van der Waals surface area contributed by atoms with Crippen molar-refractivity contribution in [3.8, 4) is 0 Å². The minimum Gasteiger partial charge on any atom is -0.368 e. The number of piperazine rings is 1. The van der Waals surface area contributed by atoms with Crippen LogP contribution in [0.25, 0.3) is 0 Å². The van der Waals surface area contributed by atoms with Gasteiger partial charge in [-0.15, -0.1) is 0 Å². The van der Waals surface area contributed by atoms with Gasteiger partial charge in [0.25, 0.3) is 15.9 Å². The standard InChI is InChI=1S/C24H34N4O3S/c1-6-19(5)26-24(29)21-15-20(7-8-22(21)28-11-9-25-10-12-28)27-32(30,31)23-17(3)13-16(2)14-18(23)4/h7-8,13-15,19,25,27H,6,9-12H2,1-5H3,(H,26,29)/t19-/m1/s1. The van der Waals surface area contributed by atoms with Crippen molar-refractivity contribution >= 4 is 27.3 Å². The summed E-state index contributed by atoms with van der Waals surface area (Å²) in [7, 11) is -3.80. The molecule has 174 valence electrons. The third-order valence-electron chi connectivity index (χ3n) is 5.81. The number of rotatable bonds is 7. The number of hydrogen-bond acceptors (Lipinski definition) is 5. The molecule has 3 rings (SSSR count).